The molecular weight excluding hydrogens is 430 g/mol. The predicted octanol–water partition coefficient (Wildman–Crippen LogP) is 1.40. The van der Waals surface area contributed by atoms with E-state index in [2.05, 4.69) is 25.1 Å². The molecule has 0 aliphatic rings. The van der Waals surface area contributed by atoms with Crippen LogP contribution in [0.3, 0.4) is 0 Å². The Morgan fingerprint density at radius 1 is 0.769 bits per heavy atom. The number of primary sulfonamides is 1. The average Bonchev–Trinajstić information content (AvgIpc) is 2.54. The van der Waals surface area contributed by atoms with Crippen molar-refractivity contribution in [2.24, 2.45) is 5.14 Å². The fourth-order valence-electron chi connectivity index (χ4n) is 1.38. The summed E-state index contributed by atoms with van der Waals surface area (Å²) < 4.78 is 91.3. The highest BCUT2D eigenvalue weighted by atomic mass is 35.7. The fraction of sp³-hybridized carbons (Fsp3) is 0.200. The van der Waals surface area contributed by atoms with Gasteiger partial charge in [-0.15, -0.1) is 0 Å². The standard InChI is InChI=1S/C5H3ClF2N2O2S.C5H5F2N3O2S/c6-13(11,12)5-3(4(7)8)9-1-2-10-5;6-4(7)3-5(13(8,11)12)10-2-1-9-3/h1-2,4H;1-2,4H,(H2,8,11,12). The van der Waals surface area contributed by atoms with Gasteiger partial charge in [0.05, 0.1) is 0 Å². The Kier molecular flexibility index (Phi) is 7.31. The van der Waals surface area contributed by atoms with Crippen LogP contribution < -0.4 is 5.14 Å². The highest BCUT2D eigenvalue weighted by molar-refractivity contribution is 8.13. The van der Waals surface area contributed by atoms with Crippen LogP contribution in [0.2, 0.25) is 0 Å². The summed E-state index contributed by atoms with van der Waals surface area (Å²) in [6, 6.07) is 0. The number of alkyl halides is 4. The average molecular weight is 438 g/mol. The van der Waals surface area contributed by atoms with Crippen molar-refractivity contribution in [2.75, 3.05) is 0 Å². The van der Waals surface area contributed by atoms with Gasteiger partial charge in [0.15, 0.2) is 10.1 Å². The smallest absolute Gasteiger partial charge is 0.251 e. The summed E-state index contributed by atoms with van der Waals surface area (Å²) >= 11 is 0. The molecule has 0 amide bonds. The molecule has 2 heterocycles. The van der Waals surface area contributed by atoms with Crippen LogP contribution in [-0.2, 0) is 19.1 Å². The third-order valence-electron chi connectivity index (χ3n) is 2.30. The number of hydrogen-bond acceptors (Lipinski definition) is 8. The van der Waals surface area contributed by atoms with Crippen molar-refractivity contribution < 1.29 is 34.4 Å². The number of hydrogen-bond donors (Lipinski definition) is 1. The van der Waals surface area contributed by atoms with E-state index >= 15 is 0 Å². The van der Waals surface area contributed by atoms with Crippen LogP contribution in [0.5, 0.6) is 0 Å². The second-order valence-corrected chi connectivity index (χ2v) is 8.04. The third kappa shape index (κ3) is 6.08. The Hall–Kier alpha value is -1.97. The summed E-state index contributed by atoms with van der Waals surface area (Å²) in [4.78, 5) is 12.8. The minimum atomic E-state index is -4.26. The number of nitrogens with zero attached hydrogens (tertiary/aromatic N) is 4. The van der Waals surface area contributed by atoms with Crippen LogP contribution >= 0.6 is 10.7 Å². The first-order chi connectivity index (χ1) is 11.9. The lowest BCUT2D eigenvalue weighted by Crippen LogP contribution is -2.17. The van der Waals surface area contributed by atoms with Crippen LogP contribution in [0.15, 0.2) is 34.8 Å². The molecule has 16 heteroatoms. The zero-order chi connectivity index (χ0) is 20.1. The van der Waals surface area contributed by atoms with E-state index in [0.717, 1.165) is 24.8 Å². The summed E-state index contributed by atoms with van der Waals surface area (Å²) in [5, 5.41) is 2.85. The Labute approximate surface area is 148 Å². The van der Waals surface area contributed by atoms with Gasteiger partial charge in [0.1, 0.15) is 11.4 Å². The normalized spacial score (nSPS) is 12.0. The van der Waals surface area contributed by atoms with Gasteiger partial charge in [0, 0.05) is 35.5 Å². The maximum Gasteiger partial charge on any atom is 0.283 e. The number of nitrogens with two attached hydrogens (primary N) is 1. The van der Waals surface area contributed by atoms with Crippen molar-refractivity contribution in [2.45, 2.75) is 22.9 Å². The van der Waals surface area contributed by atoms with E-state index in [4.69, 9.17) is 10.7 Å². The zero-order valence-electron chi connectivity index (χ0n) is 12.2. The molecule has 0 fully saturated rings. The summed E-state index contributed by atoms with van der Waals surface area (Å²) in [5.41, 5.74) is -1.86. The van der Waals surface area contributed by atoms with Crippen LogP contribution in [0, 0.1) is 0 Å². The topological polar surface area (TPSA) is 146 Å². The maximum atomic E-state index is 12.1. The van der Waals surface area contributed by atoms with Crippen molar-refractivity contribution in [3.05, 3.63) is 36.2 Å². The highest BCUT2D eigenvalue weighted by Gasteiger charge is 2.24. The SMILES string of the molecule is NS(=O)(=O)c1nccnc1C(F)F.O=S(=O)(Cl)c1nccnc1C(F)F. The number of halogens is 5. The van der Waals surface area contributed by atoms with E-state index in [-0.39, 0.29) is 0 Å². The lowest BCUT2D eigenvalue weighted by Gasteiger charge is -2.02. The van der Waals surface area contributed by atoms with Gasteiger partial charge in [-0.25, -0.2) is 49.5 Å². The minimum absolute atomic E-state index is 0.884. The van der Waals surface area contributed by atoms with Crippen molar-refractivity contribution >= 4 is 29.8 Å². The summed E-state index contributed by atoms with van der Waals surface area (Å²) in [6.07, 6.45) is -2.14. The number of sulfonamides is 1. The van der Waals surface area contributed by atoms with Crippen molar-refractivity contribution in [1.29, 1.82) is 0 Å². The second-order valence-electron chi connectivity index (χ2n) is 4.08. The Bertz CT molecular complexity index is 895. The molecule has 0 spiro atoms. The minimum Gasteiger partial charge on any atom is -0.251 e. The van der Waals surface area contributed by atoms with E-state index in [9.17, 15) is 34.4 Å². The lowest BCUT2D eigenvalue weighted by atomic mass is 10.5. The quantitative estimate of drug-likeness (QED) is 0.557. The Balaban J connectivity index is 0.000000260. The molecule has 2 aromatic rings. The fourth-order valence-corrected chi connectivity index (χ4v) is 2.95. The summed E-state index contributed by atoms with van der Waals surface area (Å²) in [6.45, 7) is 0. The monoisotopic (exact) mass is 437 g/mol. The summed E-state index contributed by atoms with van der Waals surface area (Å²) in [5.74, 6) is 0. The van der Waals surface area contributed by atoms with E-state index in [1.165, 1.54) is 0 Å². The zero-order valence-corrected chi connectivity index (χ0v) is 14.6. The Morgan fingerprint density at radius 3 is 1.38 bits per heavy atom. The van der Waals surface area contributed by atoms with Gasteiger partial charge in [-0.3, -0.25) is 9.97 Å². The molecule has 0 bridgehead atoms. The molecule has 26 heavy (non-hydrogen) atoms. The lowest BCUT2D eigenvalue weighted by molar-refractivity contribution is 0.141. The number of rotatable bonds is 4. The van der Waals surface area contributed by atoms with Gasteiger partial charge in [-0.05, 0) is 0 Å². The van der Waals surface area contributed by atoms with Gasteiger partial charge in [0.2, 0.25) is 0 Å². The van der Waals surface area contributed by atoms with Gasteiger partial charge in [0.25, 0.3) is 31.9 Å². The van der Waals surface area contributed by atoms with Gasteiger partial charge < -0.3 is 0 Å². The van der Waals surface area contributed by atoms with E-state index in [1.807, 2.05) is 0 Å². The van der Waals surface area contributed by atoms with E-state index < -0.39 is 53.4 Å². The molecule has 0 unspecified atom stereocenters. The van der Waals surface area contributed by atoms with E-state index in [0.29, 0.717) is 0 Å². The summed E-state index contributed by atoms with van der Waals surface area (Å²) in [7, 11) is -3.65. The van der Waals surface area contributed by atoms with E-state index in [1.54, 1.807) is 0 Å². The second kappa shape index (κ2) is 8.61. The molecule has 0 radical (unpaired) electrons. The molecule has 0 saturated carbocycles. The van der Waals surface area contributed by atoms with Crippen LogP contribution in [0.1, 0.15) is 24.2 Å². The van der Waals surface area contributed by atoms with Crippen molar-refractivity contribution in [1.82, 2.24) is 19.9 Å². The highest BCUT2D eigenvalue weighted by Crippen LogP contribution is 2.24. The van der Waals surface area contributed by atoms with Crippen molar-refractivity contribution in [3.8, 4) is 0 Å². The molecule has 2 aromatic heterocycles. The molecule has 0 aliphatic heterocycles. The predicted molar refractivity (Wildman–Crippen MR) is 78.4 cm³/mol. The molecule has 0 saturated heterocycles. The van der Waals surface area contributed by atoms with Crippen LogP contribution in [-0.4, -0.2) is 36.8 Å². The molecule has 0 aliphatic carbocycles. The molecule has 2 N–H and O–H groups in total. The largest absolute Gasteiger partial charge is 0.283 e. The van der Waals surface area contributed by atoms with Crippen LogP contribution in [0.25, 0.3) is 0 Å². The van der Waals surface area contributed by atoms with Gasteiger partial charge >= 0.3 is 0 Å². The van der Waals surface area contributed by atoms with Gasteiger partial charge in [-0.2, -0.15) is 0 Å². The molecule has 144 valence electrons. The molecular formula is C10H8ClF4N5O4S2. The molecule has 9 nitrogen and oxygen atoms in total. The van der Waals surface area contributed by atoms with Crippen molar-refractivity contribution in [3.63, 3.8) is 0 Å². The van der Waals surface area contributed by atoms with Crippen LogP contribution in [0.4, 0.5) is 17.6 Å². The first-order valence-electron chi connectivity index (χ1n) is 6.01. The maximum absolute atomic E-state index is 12.1. The third-order valence-corrected chi connectivity index (χ3v) is 4.36. The molecule has 0 aromatic carbocycles. The first kappa shape index (κ1) is 22.1. The molecule has 2 rings (SSSR count). The first-order valence-corrected chi connectivity index (χ1v) is 9.86. The van der Waals surface area contributed by atoms with Gasteiger partial charge in [-0.1, -0.05) is 0 Å². The Morgan fingerprint density at radius 2 is 1.12 bits per heavy atom. The number of aromatic nitrogens is 4. The molecule has 0 atom stereocenters.